The van der Waals surface area contributed by atoms with Gasteiger partial charge in [0.05, 0.1) is 10.6 Å². The molecule has 3 nitrogen and oxygen atoms in total. The van der Waals surface area contributed by atoms with Crippen LogP contribution in [0, 0.1) is 0 Å². The normalized spacial score (nSPS) is 12.4. The van der Waals surface area contributed by atoms with E-state index in [0.29, 0.717) is 0 Å². The first-order valence-electron chi connectivity index (χ1n) is 5.16. The molecule has 0 unspecified atom stereocenters. The van der Waals surface area contributed by atoms with Gasteiger partial charge in [0.25, 0.3) is 0 Å². The second-order valence-corrected chi connectivity index (χ2v) is 4.22. The van der Waals surface area contributed by atoms with Gasteiger partial charge in [0.2, 0.25) is 0 Å². The number of hydrogen-bond donors (Lipinski definition) is 1. The Hall–Kier alpha value is -1.69. The molecule has 0 aliphatic carbocycles. The summed E-state index contributed by atoms with van der Waals surface area (Å²) in [6.45, 7) is 1.20. The molecule has 1 rings (SSSR count). The van der Waals surface area contributed by atoms with Gasteiger partial charge < -0.3 is 10.5 Å². The molecular weight excluding hydrogens is 283 g/mol. The van der Waals surface area contributed by atoms with Crippen LogP contribution in [0.5, 0.6) is 0 Å². The fourth-order valence-corrected chi connectivity index (χ4v) is 1.49. The van der Waals surface area contributed by atoms with Crippen molar-refractivity contribution in [1.29, 1.82) is 0 Å². The van der Waals surface area contributed by atoms with Crippen LogP contribution >= 0.6 is 11.6 Å². The van der Waals surface area contributed by atoms with Crippen molar-refractivity contribution in [2.24, 2.45) is 5.73 Å². The van der Waals surface area contributed by atoms with Crippen molar-refractivity contribution in [3.05, 3.63) is 46.1 Å². The third-order valence-corrected chi connectivity index (χ3v) is 2.39. The summed E-state index contributed by atoms with van der Waals surface area (Å²) >= 11 is 5.46. The molecule has 2 N–H and O–H groups in total. The topological polar surface area (TPSA) is 52.3 Å². The second kappa shape index (κ2) is 5.97. The van der Waals surface area contributed by atoms with Crippen LogP contribution in [0.4, 0.5) is 13.2 Å². The quantitative estimate of drug-likeness (QED) is 0.687. The van der Waals surface area contributed by atoms with Crippen LogP contribution in [0.25, 0.3) is 0 Å². The first-order chi connectivity index (χ1) is 8.70. The highest BCUT2D eigenvalue weighted by Crippen LogP contribution is 2.35. The Morgan fingerprint density at radius 3 is 2.63 bits per heavy atom. The Labute approximate surface area is 112 Å². The molecule has 0 radical (unpaired) electrons. The highest BCUT2D eigenvalue weighted by Gasteiger charge is 2.33. The minimum atomic E-state index is -4.55. The molecule has 0 aliphatic heterocycles. The number of allylic oxidation sites excluding steroid dienone is 1. The lowest BCUT2D eigenvalue weighted by atomic mass is 10.1. The molecule has 0 spiro atoms. The van der Waals surface area contributed by atoms with Crippen molar-refractivity contribution in [2.45, 2.75) is 19.7 Å². The maximum atomic E-state index is 12.6. The highest BCUT2D eigenvalue weighted by atomic mass is 35.5. The van der Waals surface area contributed by atoms with Gasteiger partial charge in [-0.2, -0.15) is 13.2 Å². The zero-order chi connectivity index (χ0) is 14.6. The number of carbonyl (C=O) groups excluding carboxylic acids is 1. The number of nitrogens with two attached hydrogens (primary N) is 1. The third kappa shape index (κ3) is 4.82. The average molecular weight is 294 g/mol. The third-order valence-electron chi connectivity index (χ3n) is 2.06. The largest absolute Gasteiger partial charge is 0.458 e. The van der Waals surface area contributed by atoms with E-state index in [2.05, 4.69) is 0 Å². The Bertz CT molecular complexity index is 508. The lowest BCUT2D eigenvalue weighted by Gasteiger charge is -2.10. The number of esters is 1. The molecule has 0 saturated carbocycles. The summed E-state index contributed by atoms with van der Waals surface area (Å²) in [5, 5.41) is -0.403. The molecule has 0 saturated heterocycles. The van der Waals surface area contributed by atoms with Crippen molar-refractivity contribution in [1.82, 2.24) is 0 Å². The number of benzene rings is 1. The van der Waals surface area contributed by atoms with Gasteiger partial charge >= 0.3 is 12.1 Å². The number of carbonyl (C=O) groups is 1. The van der Waals surface area contributed by atoms with Crippen molar-refractivity contribution in [2.75, 3.05) is 0 Å². The van der Waals surface area contributed by atoms with Crippen LogP contribution in [-0.4, -0.2) is 5.97 Å². The van der Waals surface area contributed by atoms with E-state index < -0.39 is 22.7 Å². The van der Waals surface area contributed by atoms with Gasteiger partial charge in [0.1, 0.15) is 6.61 Å². The van der Waals surface area contributed by atoms with Crippen LogP contribution in [0.2, 0.25) is 5.02 Å². The lowest BCUT2D eigenvalue weighted by molar-refractivity contribution is -0.139. The smallest absolute Gasteiger partial charge is 0.417 e. The fourth-order valence-electron chi connectivity index (χ4n) is 1.26. The Morgan fingerprint density at radius 1 is 1.47 bits per heavy atom. The number of hydrogen-bond acceptors (Lipinski definition) is 3. The number of ether oxygens (including phenoxy) is 1. The van der Waals surface area contributed by atoms with Crippen molar-refractivity contribution < 1.29 is 22.7 Å². The zero-order valence-corrected chi connectivity index (χ0v) is 10.7. The maximum Gasteiger partial charge on any atom is 0.417 e. The SMILES string of the molecule is C/C(N)=C/C(=O)OCc1ccc(Cl)c(C(F)(F)F)c1. The zero-order valence-electron chi connectivity index (χ0n) is 9.92. The van der Waals surface area contributed by atoms with E-state index in [-0.39, 0.29) is 17.9 Å². The van der Waals surface area contributed by atoms with Gasteiger partial charge in [-0.3, -0.25) is 0 Å². The molecule has 0 atom stereocenters. The van der Waals surface area contributed by atoms with Crippen LogP contribution in [0.15, 0.2) is 30.0 Å². The minimum absolute atomic E-state index is 0.188. The van der Waals surface area contributed by atoms with Crippen molar-refractivity contribution in [3.8, 4) is 0 Å². The van der Waals surface area contributed by atoms with Gasteiger partial charge in [0, 0.05) is 11.8 Å². The minimum Gasteiger partial charge on any atom is -0.458 e. The van der Waals surface area contributed by atoms with Gasteiger partial charge in [0.15, 0.2) is 0 Å². The summed E-state index contributed by atoms with van der Waals surface area (Å²) in [6, 6.07) is 3.30. The van der Waals surface area contributed by atoms with E-state index in [9.17, 15) is 18.0 Å². The fraction of sp³-hybridized carbons (Fsp3) is 0.250. The first-order valence-corrected chi connectivity index (χ1v) is 5.54. The Balaban J connectivity index is 2.81. The van der Waals surface area contributed by atoms with E-state index in [1.807, 2.05) is 0 Å². The number of alkyl halides is 3. The summed E-state index contributed by atoms with van der Waals surface area (Å²) < 4.78 is 42.5. The Morgan fingerprint density at radius 2 is 2.11 bits per heavy atom. The molecule has 0 aliphatic rings. The molecule has 0 bridgehead atoms. The van der Waals surface area contributed by atoms with E-state index in [4.69, 9.17) is 22.1 Å². The molecule has 1 aromatic rings. The molecule has 0 amide bonds. The molecule has 19 heavy (non-hydrogen) atoms. The van der Waals surface area contributed by atoms with E-state index >= 15 is 0 Å². The van der Waals surface area contributed by atoms with Gasteiger partial charge in [-0.15, -0.1) is 0 Å². The van der Waals surface area contributed by atoms with Gasteiger partial charge in [-0.1, -0.05) is 17.7 Å². The summed E-state index contributed by atoms with van der Waals surface area (Å²) in [5.74, 6) is -0.719. The molecule has 7 heteroatoms. The maximum absolute atomic E-state index is 12.6. The number of rotatable bonds is 3. The lowest BCUT2D eigenvalue weighted by Crippen LogP contribution is -2.08. The first kappa shape index (κ1) is 15.4. The summed E-state index contributed by atoms with van der Waals surface area (Å²) in [7, 11) is 0. The molecular formula is C12H11ClF3NO2. The monoisotopic (exact) mass is 293 g/mol. The van der Waals surface area contributed by atoms with Crippen LogP contribution in [0.1, 0.15) is 18.1 Å². The van der Waals surface area contributed by atoms with Crippen molar-refractivity contribution in [3.63, 3.8) is 0 Å². The van der Waals surface area contributed by atoms with Crippen LogP contribution < -0.4 is 5.73 Å². The molecule has 0 heterocycles. The molecule has 0 aromatic heterocycles. The summed E-state index contributed by atoms with van der Waals surface area (Å²) in [6.07, 6.45) is -3.51. The number of halogens is 4. The molecule has 1 aromatic carbocycles. The predicted octanol–water partition coefficient (Wildman–Crippen LogP) is 3.26. The van der Waals surface area contributed by atoms with E-state index in [1.54, 1.807) is 0 Å². The second-order valence-electron chi connectivity index (χ2n) is 3.81. The van der Waals surface area contributed by atoms with E-state index in [0.717, 1.165) is 18.2 Å². The predicted molar refractivity (Wildman–Crippen MR) is 64.2 cm³/mol. The standard InChI is InChI=1S/C12H11ClF3NO2/c1-7(17)4-11(18)19-6-8-2-3-10(13)9(5-8)12(14,15)16/h2-5H,6,17H2,1H3/b7-4-. The average Bonchev–Trinajstić information content (AvgIpc) is 2.25. The molecule has 104 valence electrons. The van der Waals surface area contributed by atoms with E-state index in [1.165, 1.54) is 13.0 Å². The molecule has 0 fully saturated rings. The van der Waals surface area contributed by atoms with Crippen LogP contribution in [0.3, 0.4) is 0 Å². The van der Waals surface area contributed by atoms with Gasteiger partial charge in [-0.05, 0) is 24.6 Å². The van der Waals surface area contributed by atoms with Crippen LogP contribution in [-0.2, 0) is 22.3 Å². The van der Waals surface area contributed by atoms with Gasteiger partial charge in [-0.25, -0.2) is 4.79 Å². The summed E-state index contributed by atoms with van der Waals surface area (Å²) in [5.41, 5.74) is 4.73. The highest BCUT2D eigenvalue weighted by molar-refractivity contribution is 6.31. The Kier molecular flexibility index (Phi) is 4.83. The van der Waals surface area contributed by atoms with Crippen molar-refractivity contribution >= 4 is 17.6 Å². The summed E-state index contributed by atoms with van der Waals surface area (Å²) in [4.78, 5) is 11.1.